The number of nitrogens with zero attached hydrogens (tertiary/aromatic N) is 1. The Kier molecular flexibility index (Phi) is 5.20. The number of para-hydroxylation sites is 1. The van der Waals surface area contributed by atoms with E-state index in [2.05, 4.69) is 10.6 Å². The van der Waals surface area contributed by atoms with E-state index in [0.717, 1.165) is 12.8 Å². The number of urea groups is 1. The van der Waals surface area contributed by atoms with Crippen molar-refractivity contribution in [2.75, 3.05) is 5.32 Å². The molecule has 1 aromatic carbocycles. The largest absolute Gasteiger partial charge is 0.480 e. The highest BCUT2D eigenvalue weighted by molar-refractivity contribution is 5.94. The number of hydrogen-bond donors (Lipinski definition) is 3. The zero-order chi connectivity index (χ0) is 17.0. The van der Waals surface area contributed by atoms with Crippen LogP contribution in [0.4, 0.5) is 10.5 Å². The summed E-state index contributed by atoms with van der Waals surface area (Å²) in [6, 6.07) is 6.60. The molecule has 1 aliphatic carbocycles. The van der Waals surface area contributed by atoms with Gasteiger partial charge in [-0.2, -0.15) is 0 Å². The molecular weight excluding hydrogens is 298 g/mol. The van der Waals surface area contributed by atoms with Crippen LogP contribution in [-0.4, -0.2) is 46.0 Å². The van der Waals surface area contributed by atoms with Gasteiger partial charge in [-0.05, 0) is 38.8 Å². The summed E-state index contributed by atoms with van der Waals surface area (Å²) in [6.07, 6.45) is 1.60. The number of carbonyl (C=O) groups is 3. The summed E-state index contributed by atoms with van der Waals surface area (Å²) in [7, 11) is 0. The zero-order valence-corrected chi connectivity index (χ0v) is 13.2. The zero-order valence-electron chi connectivity index (χ0n) is 13.2. The van der Waals surface area contributed by atoms with E-state index in [1.165, 1.54) is 11.8 Å². The highest BCUT2D eigenvalue weighted by atomic mass is 16.4. The van der Waals surface area contributed by atoms with E-state index >= 15 is 0 Å². The highest BCUT2D eigenvalue weighted by Gasteiger charge is 2.40. The average molecular weight is 319 g/mol. The van der Waals surface area contributed by atoms with Gasteiger partial charge >= 0.3 is 12.0 Å². The summed E-state index contributed by atoms with van der Waals surface area (Å²) in [6.45, 7) is 3.03. The first-order valence-electron chi connectivity index (χ1n) is 7.57. The molecule has 0 bridgehead atoms. The van der Waals surface area contributed by atoms with Gasteiger partial charge in [0.25, 0.3) is 0 Å². The Morgan fingerprint density at radius 1 is 1.17 bits per heavy atom. The molecule has 0 aliphatic heterocycles. The van der Waals surface area contributed by atoms with Crippen LogP contribution in [0.15, 0.2) is 30.3 Å². The molecule has 7 nitrogen and oxygen atoms in total. The second kappa shape index (κ2) is 7.13. The number of hydrogen-bond acceptors (Lipinski definition) is 3. The fourth-order valence-electron chi connectivity index (χ4n) is 2.33. The van der Waals surface area contributed by atoms with Gasteiger partial charge in [-0.3, -0.25) is 4.79 Å². The van der Waals surface area contributed by atoms with Crippen molar-refractivity contribution in [3.05, 3.63) is 30.3 Å². The van der Waals surface area contributed by atoms with E-state index in [9.17, 15) is 14.4 Å². The van der Waals surface area contributed by atoms with Gasteiger partial charge in [-0.25, -0.2) is 9.59 Å². The third kappa shape index (κ3) is 4.45. The highest BCUT2D eigenvalue weighted by Crippen LogP contribution is 2.29. The lowest BCUT2D eigenvalue weighted by molar-refractivity contribution is -0.150. The normalized spacial score (nSPS) is 16.1. The minimum atomic E-state index is -1.05. The number of carbonyl (C=O) groups excluding carboxylic acids is 2. The molecule has 1 aromatic rings. The fraction of sp³-hybridized carbons (Fsp3) is 0.438. The van der Waals surface area contributed by atoms with Gasteiger partial charge in [0.1, 0.15) is 12.1 Å². The molecule has 2 atom stereocenters. The molecule has 1 saturated carbocycles. The lowest BCUT2D eigenvalue weighted by atomic mass is 10.2. The van der Waals surface area contributed by atoms with Gasteiger partial charge in [0.2, 0.25) is 5.91 Å². The Balaban J connectivity index is 1.95. The topological polar surface area (TPSA) is 98.7 Å². The standard InChI is InChI=1S/C16H21N3O4/c1-10(17-16(23)18-12-6-4-3-5-7-12)14(20)19(13-8-9-13)11(2)15(21)22/h3-7,10-11,13H,8-9H2,1-2H3,(H,21,22)(H2,17,18,23). The van der Waals surface area contributed by atoms with Crippen molar-refractivity contribution >= 4 is 23.6 Å². The number of rotatable bonds is 6. The molecule has 3 N–H and O–H groups in total. The van der Waals surface area contributed by atoms with Crippen LogP contribution in [0.5, 0.6) is 0 Å². The molecule has 23 heavy (non-hydrogen) atoms. The fourth-order valence-corrected chi connectivity index (χ4v) is 2.33. The van der Waals surface area contributed by atoms with Crippen molar-refractivity contribution < 1.29 is 19.5 Å². The Morgan fingerprint density at radius 3 is 2.30 bits per heavy atom. The molecule has 0 aromatic heterocycles. The maximum atomic E-state index is 12.5. The molecule has 3 amide bonds. The van der Waals surface area contributed by atoms with Crippen molar-refractivity contribution in [3.8, 4) is 0 Å². The molecule has 2 unspecified atom stereocenters. The van der Waals surface area contributed by atoms with Gasteiger partial charge < -0.3 is 20.6 Å². The van der Waals surface area contributed by atoms with Crippen LogP contribution in [0.1, 0.15) is 26.7 Å². The molecular formula is C16H21N3O4. The summed E-state index contributed by atoms with van der Waals surface area (Å²) in [5.41, 5.74) is 0.614. The first-order chi connectivity index (χ1) is 10.9. The van der Waals surface area contributed by atoms with Gasteiger partial charge in [-0.1, -0.05) is 18.2 Å². The van der Waals surface area contributed by atoms with Gasteiger partial charge in [0, 0.05) is 11.7 Å². The van der Waals surface area contributed by atoms with Gasteiger partial charge in [0.05, 0.1) is 0 Å². The van der Waals surface area contributed by atoms with Crippen molar-refractivity contribution in [2.45, 2.75) is 44.8 Å². The molecule has 0 radical (unpaired) electrons. The van der Waals surface area contributed by atoms with Crippen LogP contribution in [0.2, 0.25) is 0 Å². The SMILES string of the molecule is CC(NC(=O)Nc1ccccc1)C(=O)N(C1CC1)C(C)C(=O)O. The third-order valence-corrected chi connectivity index (χ3v) is 3.72. The number of nitrogens with one attached hydrogen (secondary N) is 2. The van der Waals surface area contributed by atoms with Crippen molar-refractivity contribution in [3.63, 3.8) is 0 Å². The second-order valence-electron chi connectivity index (χ2n) is 5.68. The van der Waals surface area contributed by atoms with E-state index in [4.69, 9.17) is 5.11 Å². The molecule has 1 fully saturated rings. The van der Waals surface area contributed by atoms with Crippen molar-refractivity contribution in [1.82, 2.24) is 10.2 Å². The summed E-state index contributed by atoms with van der Waals surface area (Å²) >= 11 is 0. The maximum Gasteiger partial charge on any atom is 0.326 e. The predicted octanol–water partition coefficient (Wildman–Crippen LogP) is 1.66. The van der Waals surface area contributed by atoms with Crippen molar-refractivity contribution in [1.29, 1.82) is 0 Å². The molecule has 2 rings (SSSR count). The average Bonchev–Trinajstić information content (AvgIpc) is 3.32. The van der Waals surface area contributed by atoms with Gasteiger partial charge in [0.15, 0.2) is 0 Å². The van der Waals surface area contributed by atoms with Crippen LogP contribution >= 0.6 is 0 Å². The number of aliphatic carboxylic acids is 1. The molecule has 7 heteroatoms. The molecule has 1 aliphatic rings. The third-order valence-electron chi connectivity index (χ3n) is 3.72. The van der Waals surface area contributed by atoms with E-state index in [1.54, 1.807) is 31.2 Å². The summed E-state index contributed by atoms with van der Waals surface area (Å²) < 4.78 is 0. The lowest BCUT2D eigenvalue weighted by Gasteiger charge is -2.29. The Labute approximate surface area is 134 Å². The summed E-state index contributed by atoms with van der Waals surface area (Å²) in [4.78, 5) is 36.9. The van der Waals surface area contributed by atoms with E-state index in [1.807, 2.05) is 6.07 Å². The second-order valence-corrected chi connectivity index (χ2v) is 5.68. The van der Waals surface area contributed by atoms with Crippen LogP contribution in [0.25, 0.3) is 0 Å². The number of amides is 3. The minimum Gasteiger partial charge on any atom is -0.480 e. The van der Waals surface area contributed by atoms with E-state index < -0.39 is 24.1 Å². The number of anilines is 1. The quantitative estimate of drug-likeness (QED) is 0.742. The molecule has 0 spiro atoms. The van der Waals surface area contributed by atoms with Crippen LogP contribution in [0.3, 0.4) is 0 Å². The lowest BCUT2D eigenvalue weighted by Crippen LogP contribution is -2.53. The number of carboxylic acid groups (broad SMARTS) is 1. The van der Waals surface area contributed by atoms with E-state index in [0.29, 0.717) is 5.69 Å². The smallest absolute Gasteiger partial charge is 0.326 e. The van der Waals surface area contributed by atoms with Gasteiger partial charge in [-0.15, -0.1) is 0 Å². The number of carboxylic acids is 1. The first-order valence-corrected chi connectivity index (χ1v) is 7.57. The Bertz CT molecular complexity index is 586. The van der Waals surface area contributed by atoms with Crippen LogP contribution < -0.4 is 10.6 Å². The number of benzene rings is 1. The summed E-state index contributed by atoms with van der Waals surface area (Å²) in [5, 5.41) is 14.3. The molecule has 0 heterocycles. The minimum absolute atomic E-state index is 0.0463. The van der Waals surface area contributed by atoms with Crippen LogP contribution in [-0.2, 0) is 9.59 Å². The maximum absolute atomic E-state index is 12.5. The van der Waals surface area contributed by atoms with Crippen molar-refractivity contribution in [2.24, 2.45) is 0 Å². The van der Waals surface area contributed by atoms with E-state index in [-0.39, 0.29) is 11.9 Å². The Hall–Kier alpha value is -2.57. The molecule has 124 valence electrons. The monoisotopic (exact) mass is 319 g/mol. The Morgan fingerprint density at radius 2 is 1.78 bits per heavy atom. The van der Waals surface area contributed by atoms with Crippen LogP contribution in [0, 0.1) is 0 Å². The molecule has 0 saturated heterocycles. The predicted molar refractivity (Wildman–Crippen MR) is 85.0 cm³/mol. The first kappa shape index (κ1) is 16.8. The summed E-state index contributed by atoms with van der Waals surface area (Å²) in [5.74, 6) is -1.43.